The third-order valence-corrected chi connectivity index (χ3v) is 3.92. The number of benzene rings is 2. The van der Waals surface area contributed by atoms with Crippen LogP contribution in [0.5, 0.6) is 0 Å². The van der Waals surface area contributed by atoms with E-state index in [0.29, 0.717) is 22.8 Å². The van der Waals surface area contributed by atoms with E-state index < -0.39 is 11.9 Å². The minimum Gasteiger partial charge on any atom is -0.341 e. The van der Waals surface area contributed by atoms with Crippen LogP contribution in [-0.2, 0) is 16.1 Å². The van der Waals surface area contributed by atoms with Crippen molar-refractivity contribution in [2.75, 3.05) is 4.90 Å². The van der Waals surface area contributed by atoms with E-state index in [-0.39, 0.29) is 11.8 Å². The quantitative estimate of drug-likeness (QED) is 0.938. The highest BCUT2D eigenvalue weighted by Gasteiger charge is 2.38. The summed E-state index contributed by atoms with van der Waals surface area (Å²) in [6.45, 7) is 1.62. The summed E-state index contributed by atoms with van der Waals surface area (Å²) in [6.07, 6.45) is 0. The van der Waals surface area contributed by atoms with Crippen LogP contribution in [-0.4, -0.2) is 11.8 Å². The van der Waals surface area contributed by atoms with Crippen molar-refractivity contribution in [3.8, 4) is 0 Å². The lowest BCUT2D eigenvalue weighted by Gasteiger charge is -2.18. The van der Waals surface area contributed by atoms with Gasteiger partial charge in [0.25, 0.3) is 5.91 Å². The van der Waals surface area contributed by atoms with Crippen molar-refractivity contribution in [2.24, 2.45) is 0 Å². The second-order valence-corrected chi connectivity index (χ2v) is 5.83. The second-order valence-electron chi connectivity index (χ2n) is 5.39. The Balaban J connectivity index is 1.98. The Labute approximate surface area is 137 Å². The Morgan fingerprint density at radius 1 is 1.30 bits per heavy atom. The van der Waals surface area contributed by atoms with Crippen molar-refractivity contribution in [1.82, 2.24) is 5.32 Å². The van der Waals surface area contributed by atoms with E-state index in [0.717, 1.165) is 5.56 Å². The highest BCUT2D eigenvalue weighted by Crippen LogP contribution is 2.37. The Kier molecular flexibility index (Phi) is 4.05. The van der Waals surface area contributed by atoms with Gasteiger partial charge in [-0.1, -0.05) is 23.7 Å². The van der Waals surface area contributed by atoms with Crippen LogP contribution in [0.25, 0.3) is 0 Å². The molecule has 0 bridgehead atoms. The maximum absolute atomic E-state index is 13.5. The number of nitrogens with one attached hydrogen (secondary N) is 1. The lowest BCUT2D eigenvalue weighted by atomic mass is 10.1. The monoisotopic (exact) mass is 332 g/mol. The number of rotatable bonds is 3. The van der Waals surface area contributed by atoms with Gasteiger partial charge in [-0.2, -0.15) is 0 Å². The lowest BCUT2D eigenvalue weighted by molar-refractivity contribution is -0.126. The van der Waals surface area contributed by atoms with Crippen molar-refractivity contribution in [2.45, 2.75) is 19.5 Å². The van der Waals surface area contributed by atoms with Crippen molar-refractivity contribution >= 4 is 29.1 Å². The maximum atomic E-state index is 13.5. The van der Waals surface area contributed by atoms with Crippen LogP contribution < -0.4 is 10.2 Å². The van der Waals surface area contributed by atoms with E-state index in [1.807, 2.05) is 6.07 Å². The fraction of sp³-hybridized carbons (Fsp3) is 0.176. The van der Waals surface area contributed by atoms with Crippen LogP contribution in [0, 0.1) is 5.82 Å². The molecule has 4 nitrogen and oxygen atoms in total. The van der Waals surface area contributed by atoms with E-state index >= 15 is 0 Å². The molecule has 2 aromatic carbocycles. The number of carbonyl (C=O) groups is 2. The van der Waals surface area contributed by atoms with Gasteiger partial charge in [0.05, 0.1) is 12.2 Å². The molecule has 6 heteroatoms. The Morgan fingerprint density at radius 3 is 2.78 bits per heavy atom. The number of carbonyl (C=O) groups excluding carboxylic acids is 2. The zero-order valence-electron chi connectivity index (χ0n) is 12.3. The summed E-state index contributed by atoms with van der Waals surface area (Å²) in [6, 6.07) is 10.4. The first-order chi connectivity index (χ1) is 11.0. The summed E-state index contributed by atoms with van der Waals surface area (Å²) in [5.74, 6) is -1.08. The summed E-state index contributed by atoms with van der Waals surface area (Å²) < 4.78 is 13.5. The van der Waals surface area contributed by atoms with Crippen LogP contribution in [0.2, 0.25) is 5.02 Å². The minimum atomic E-state index is -0.864. The number of nitrogens with zero attached hydrogens (tertiary/aromatic N) is 1. The molecule has 23 heavy (non-hydrogen) atoms. The first-order valence-corrected chi connectivity index (χ1v) is 7.46. The molecule has 0 aliphatic carbocycles. The molecule has 2 amide bonds. The van der Waals surface area contributed by atoms with Gasteiger partial charge in [0.1, 0.15) is 11.9 Å². The number of halogens is 2. The molecular formula is C17H14ClFN2O2. The fourth-order valence-electron chi connectivity index (χ4n) is 2.73. The lowest BCUT2D eigenvalue weighted by Crippen LogP contribution is -2.36. The van der Waals surface area contributed by atoms with Gasteiger partial charge in [-0.15, -0.1) is 0 Å². The van der Waals surface area contributed by atoms with E-state index in [4.69, 9.17) is 11.6 Å². The molecule has 2 aromatic rings. The van der Waals surface area contributed by atoms with Gasteiger partial charge in [-0.3, -0.25) is 9.59 Å². The summed E-state index contributed by atoms with van der Waals surface area (Å²) in [4.78, 5) is 25.5. The van der Waals surface area contributed by atoms with Gasteiger partial charge in [0.15, 0.2) is 0 Å². The smallest absolute Gasteiger partial charge is 0.254 e. The van der Waals surface area contributed by atoms with Crippen molar-refractivity contribution in [3.63, 3.8) is 0 Å². The van der Waals surface area contributed by atoms with Crippen LogP contribution in [0.15, 0.2) is 42.5 Å². The molecule has 1 aliphatic rings. The summed E-state index contributed by atoms with van der Waals surface area (Å²) in [5, 5.41) is 3.16. The van der Waals surface area contributed by atoms with Crippen LogP contribution >= 0.6 is 11.6 Å². The predicted octanol–water partition coefficient (Wildman–Crippen LogP) is 3.20. The summed E-state index contributed by atoms with van der Waals surface area (Å²) in [7, 11) is 0. The molecule has 0 fully saturated rings. The number of amides is 2. The zero-order chi connectivity index (χ0) is 16.6. The molecule has 1 N–H and O–H groups in total. The molecule has 118 valence electrons. The number of hydrogen-bond donors (Lipinski definition) is 1. The van der Waals surface area contributed by atoms with Crippen molar-refractivity contribution in [1.29, 1.82) is 0 Å². The molecule has 0 saturated carbocycles. The molecular weight excluding hydrogens is 319 g/mol. The molecule has 1 aliphatic heterocycles. The minimum absolute atomic E-state index is 0.291. The number of anilines is 1. The van der Waals surface area contributed by atoms with Crippen molar-refractivity contribution in [3.05, 3.63) is 64.4 Å². The Bertz CT molecular complexity index is 794. The molecule has 1 atom stereocenters. The molecule has 0 radical (unpaired) electrons. The van der Waals surface area contributed by atoms with Crippen LogP contribution in [0.4, 0.5) is 10.1 Å². The molecule has 3 rings (SSSR count). The standard InChI is InChI=1S/C17H14ClFN2O2/c1-10(22)20-16-14-8-13(19)5-6-15(14)21(17(16)23)9-11-3-2-4-12(18)7-11/h2-8,16H,9H2,1H3,(H,20,22)/t16-/m1/s1. The number of hydrogen-bond acceptors (Lipinski definition) is 2. The average molecular weight is 333 g/mol. The van der Waals surface area contributed by atoms with Crippen molar-refractivity contribution < 1.29 is 14.0 Å². The van der Waals surface area contributed by atoms with Gasteiger partial charge in [0.2, 0.25) is 5.91 Å². The van der Waals surface area contributed by atoms with Gasteiger partial charge in [-0.05, 0) is 35.9 Å². The van der Waals surface area contributed by atoms with Crippen LogP contribution in [0.1, 0.15) is 24.1 Å². The fourth-order valence-corrected chi connectivity index (χ4v) is 2.95. The van der Waals surface area contributed by atoms with E-state index in [1.165, 1.54) is 24.0 Å². The Morgan fingerprint density at radius 2 is 2.09 bits per heavy atom. The molecule has 0 aromatic heterocycles. The van der Waals surface area contributed by atoms with Gasteiger partial charge in [0, 0.05) is 17.5 Å². The van der Waals surface area contributed by atoms with Gasteiger partial charge < -0.3 is 10.2 Å². The third kappa shape index (κ3) is 3.05. The van der Waals surface area contributed by atoms with Gasteiger partial charge >= 0.3 is 0 Å². The third-order valence-electron chi connectivity index (χ3n) is 3.68. The largest absolute Gasteiger partial charge is 0.341 e. The molecule has 0 unspecified atom stereocenters. The second kappa shape index (κ2) is 6.01. The Hall–Kier alpha value is -2.40. The topological polar surface area (TPSA) is 49.4 Å². The predicted molar refractivity (Wildman–Crippen MR) is 85.6 cm³/mol. The van der Waals surface area contributed by atoms with E-state index in [1.54, 1.807) is 24.3 Å². The highest BCUT2D eigenvalue weighted by molar-refractivity contribution is 6.30. The van der Waals surface area contributed by atoms with Crippen LogP contribution in [0.3, 0.4) is 0 Å². The normalized spacial score (nSPS) is 16.4. The van der Waals surface area contributed by atoms with E-state index in [9.17, 15) is 14.0 Å². The SMILES string of the molecule is CC(=O)N[C@H]1C(=O)N(Cc2cccc(Cl)c2)c2ccc(F)cc21. The summed E-state index contributed by atoms with van der Waals surface area (Å²) >= 11 is 5.98. The molecule has 0 spiro atoms. The molecule has 1 heterocycles. The summed E-state index contributed by atoms with van der Waals surface area (Å²) in [5.41, 5.74) is 1.91. The first-order valence-electron chi connectivity index (χ1n) is 7.08. The maximum Gasteiger partial charge on any atom is 0.254 e. The highest BCUT2D eigenvalue weighted by atomic mass is 35.5. The van der Waals surface area contributed by atoms with Gasteiger partial charge in [-0.25, -0.2) is 4.39 Å². The average Bonchev–Trinajstić information content (AvgIpc) is 2.72. The van der Waals surface area contributed by atoms with E-state index in [2.05, 4.69) is 5.32 Å². The molecule has 0 saturated heterocycles. The zero-order valence-corrected chi connectivity index (χ0v) is 13.1. The number of fused-ring (bicyclic) bond motifs is 1. The first kappa shape index (κ1) is 15.5.